The molecule has 1 aliphatic rings. The zero-order valence-corrected chi connectivity index (χ0v) is 11.3. The Morgan fingerprint density at radius 2 is 2.05 bits per heavy atom. The minimum absolute atomic E-state index is 0.637. The molecular weight excluding hydrogens is 236 g/mol. The summed E-state index contributed by atoms with van der Waals surface area (Å²) in [6, 6.07) is 8.25. The van der Waals surface area contributed by atoms with E-state index in [2.05, 4.69) is 33.1 Å². The molecule has 0 bridgehead atoms. The molecule has 4 nitrogen and oxygen atoms in total. The highest BCUT2D eigenvalue weighted by atomic mass is 15.2. The van der Waals surface area contributed by atoms with E-state index < -0.39 is 0 Å². The topological polar surface area (TPSA) is 55.9 Å². The number of nitrogens with two attached hydrogens (primary N) is 1. The van der Waals surface area contributed by atoms with Crippen molar-refractivity contribution >= 4 is 17.0 Å². The first-order valence-electron chi connectivity index (χ1n) is 7.27. The molecule has 4 heteroatoms. The van der Waals surface area contributed by atoms with Crippen LogP contribution in [-0.2, 0) is 6.54 Å². The Balaban J connectivity index is 1.82. The molecule has 1 fully saturated rings. The molecule has 1 aromatic carbocycles. The average molecular weight is 258 g/mol. The summed E-state index contributed by atoms with van der Waals surface area (Å²) in [7, 11) is 0. The zero-order valence-electron chi connectivity index (χ0n) is 11.3. The number of anilines is 1. The Morgan fingerprint density at radius 3 is 2.84 bits per heavy atom. The third kappa shape index (κ3) is 2.59. The third-order valence-electron chi connectivity index (χ3n) is 4.03. The Kier molecular flexibility index (Phi) is 3.69. The van der Waals surface area contributed by atoms with Crippen LogP contribution in [0.5, 0.6) is 0 Å². The van der Waals surface area contributed by atoms with Crippen molar-refractivity contribution in [2.45, 2.75) is 32.2 Å². The van der Waals surface area contributed by atoms with Crippen LogP contribution in [0.4, 0.5) is 5.95 Å². The molecule has 0 radical (unpaired) electrons. The van der Waals surface area contributed by atoms with Gasteiger partial charge in [-0.25, -0.2) is 4.98 Å². The predicted octanol–water partition coefficient (Wildman–Crippen LogP) is 2.60. The van der Waals surface area contributed by atoms with Gasteiger partial charge < -0.3 is 15.6 Å². The zero-order chi connectivity index (χ0) is 13.1. The van der Waals surface area contributed by atoms with Crippen molar-refractivity contribution in [1.29, 1.82) is 0 Å². The molecule has 0 aliphatic heterocycles. The third-order valence-corrected chi connectivity index (χ3v) is 4.03. The fraction of sp³-hybridized carbons (Fsp3) is 0.533. The van der Waals surface area contributed by atoms with Gasteiger partial charge in [0, 0.05) is 19.6 Å². The molecule has 1 aliphatic carbocycles. The molecule has 1 saturated carbocycles. The first-order valence-corrected chi connectivity index (χ1v) is 7.27. The largest absolute Gasteiger partial charge is 0.355 e. The molecule has 0 atom stereocenters. The number of rotatable bonds is 5. The Hall–Kier alpha value is -1.55. The van der Waals surface area contributed by atoms with Gasteiger partial charge in [-0.15, -0.1) is 0 Å². The highest BCUT2D eigenvalue weighted by molar-refractivity contribution is 5.78. The number of aromatic nitrogens is 2. The average Bonchev–Trinajstić information content (AvgIpc) is 3.05. The Labute approximate surface area is 114 Å². The Bertz CT molecular complexity index is 540. The van der Waals surface area contributed by atoms with Crippen molar-refractivity contribution in [2.24, 2.45) is 11.7 Å². The minimum Gasteiger partial charge on any atom is -0.355 e. The maximum absolute atomic E-state index is 5.72. The molecule has 3 N–H and O–H groups in total. The van der Waals surface area contributed by atoms with Gasteiger partial charge in [0.25, 0.3) is 0 Å². The van der Waals surface area contributed by atoms with Crippen LogP contribution in [0, 0.1) is 5.92 Å². The van der Waals surface area contributed by atoms with Crippen molar-refractivity contribution in [3.63, 3.8) is 0 Å². The number of para-hydroxylation sites is 2. The predicted molar refractivity (Wildman–Crippen MR) is 79.2 cm³/mol. The van der Waals surface area contributed by atoms with Gasteiger partial charge in [0.15, 0.2) is 0 Å². The lowest BCUT2D eigenvalue weighted by Crippen LogP contribution is -2.17. The van der Waals surface area contributed by atoms with E-state index in [1.54, 1.807) is 0 Å². The summed E-state index contributed by atoms with van der Waals surface area (Å²) in [5, 5.41) is 3.53. The number of hydrogen-bond donors (Lipinski definition) is 2. The summed E-state index contributed by atoms with van der Waals surface area (Å²) >= 11 is 0. The van der Waals surface area contributed by atoms with E-state index in [1.165, 1.54) is 31.2 Å². The summed E-state index contributed by atoms with van der Waals surface area (Å²) in [5.74, 6) is 1.78. The quantitative estimate of drug-likeness (QED) is 0.866. The molecule has 0 unspecified atom stereocenters. The summed E-state index contributed by atoms with van der Waals surface area (Å²) in [6.07, 6.45) is 5.46. The van der Waals surface area contributed by atoms with Crippen LogP contribution in [0.15, 0.2) is 24.3 Å². The molecule has 0 saturated heterocycles. The number of fused-ring (bicyclic) bond motifs is 1. The van der Waals surface area contributed by atoms with Gasteiger partial charge in [-0.1, -0.05) is 25.0 Å². The SMILES string of the molecule is NCCn1c(NCC2CCCC2)nc2ccccc21. The van der Waals surface area contributed by atoms with Crippen molar-refractivity contribution in [2.75, 3.05) is 18.4 Å². The lowest BCUT2D eigenvalue weighted by Gasteiger charge is -2.13. The summed E-state index contributed by atoms with van der Waals surface area (Å²) in [4.78, 5) is 4.69. The molecule has 0 spiro atoms. The highest BCUT2D eigenvalue weighted by Gasteiger charge is 2.16. The fourth-order valence-corrected chi connectivity index (χ4v) is 3.02. The van der Waals surface area contributed by atoms with Crippen LogP contribution in [0.1, 0.15) is 25.7 Å². The molecule has 1 heterocycles. The lowest BCUT2D eigenvalue weighted by molar-refractivity contribution is 0.574. The molecule has 102 valence electrons. The van der Waals surface area contributed by atoms with E-state index in [0.717, 1.165) is 30.5 Å². The van der Waals surface area contributed by atoms with Gasteiger partial charge in [0.2, 0.25) is 5.95 Å². The smallest absolute Gasteiger partial charge is 0.203 e. The molecular formula is C15H22N4. The number of hydrogen-bond acceptors (Lipinski definition) is 3. The van der Waals surface area contributed by atoms with E-state index in [4.69, 9.17) is 5.73 Å². The van der Waals surface area contributed by atoms with E-state index in [9.17, 15) is 0 Å². The minimum atomic E-state index is 0.637. The lowest BCUT2D eigenvalue weighted by atomic mass is 10.1. The van der Waals surface area contributed by atoms with Crippen LogP contribution in [0.25, 0.3) is 11.0 Å². The monoisotopic (exact) mass is 258 g/mol. The van der Waals surface area contributed by atoms with Crippen LogP contribution < -0.4 is 11.1 Å². The van der Waals surface area contributed by atoms with Crippen LogP contribution in [0.3, 0.4) is 0 Å². The molecule has 19 heavy (non-hydrogen) atoms. The van der Waals surface area contributed by atoms with Crippen LogP contribution in [0.2, 0.25) is 0 Å². The van der Waals surface area contributed by atoms with Gasteiger partial charge in [-0.05, 0) is 30.9 Å². The second kappa shape index (κ2) is 5.61. The maximum Gasteiger partial charge on any atom is 0.203 e. The molecule has 3 rings (SSSR count). The van der Waals surface area contributed by atoms with E-state index in [0.29, 0.717) is 6.54 Å². The first-order chi connectivity index (χ1) is 9.38. The molecule has 2 aromatic rings. The van der Waals surface area contributed by atoms with Crippen molar-refractivity contribution in [3.05, 3.63) is 24.3 Å². The van der Waals surface area contributed by atoms with Gasteiger partial charge in [0.05, 0.1) is 11.0 Å². The second-order valence-electron chi connectivity index (χ2n) is 5.40. The standard InChI is InChI=1S/C15H22N4/c16-9-10-19-14-8-4-3-7-13(14)18-15(19)17-11-12-5-1-2-6-12/h3-4,7-8,12H,1-2,5-6,9-11,16H2,(H,17,18). The summed E-state index contributed by atoms with van der Waals surface area (Å²) < 4.78 is 2.20. The second-order valence-corrected chi connectivity index (χ2v) is 5.40. The highest BCUT2D eigenvalue weighted by Crippen LogP contribution is 2.25. The summed E-state index contributed by atoms with van der Waals surface area (Å²) in [5.41, 5.74) is 7.94. The van der Waals surface area contributed by atoms with Crippen molar-refractivity contribution in [3.8, 4) is 0 Å². The van der Waals surface area contributed by atoms with Gasteiger partial charge >= 0.3 is 0 Å². The van der Waals surface area contributed by atoms with Gasteiger partial charge in [-0.3, -0.25) is 0 Å². The van der Waals surface area contributed by atoms with Gasteiger partial charge in [0.1, 0.15) is 0 Å². The number of imidazole rings is 1. The number of benzene rings is 1. The van der Waals surface area contributed by atoms with Crippen LogP contribution in [-0.4, -0.2) is 22.6 Å². The fourth-order valence-electron chi connectivity index (χ4n) is 3.02. The summed E-state index contributed by atoms with van der Waals surface area (Å²) in [6.45, 7) is 2.49. The van der Waals surface area contributed by atoms with E-state index in [1.807, 2.05) is 6.07 Å². The van der Waals surface area contributed by atoms with Gasteiger partial charge in [-0.2, -0.15) is 0 Å². The van der Waals surface area contributed by atoms with Crippen molar-refractivity contribution < 1.29 is 0 Å². The maximum atomic E-state index is 5.72. The molecule has 0 amide bonds. The number of nitrogens with one attached hydrogen (secondary N) is 1. The molecule has 1 aromatic heterocycles. The first kappa shape index (κ1) is 12.5. The van der Waals surface area contributed by atoms with E-state index in [-0.39, 0.29) is 0 Å². The van der Waals surface area contributed by atoms with E-state index >= 15 is 0 Å². The Morgan fingerprint density at radius 1 is 1.26 bits per heavy atom. The normalized spacial score (nSPS) is 16.3. The van der Waals surface area contributed by atoms with Crippen molar-refractivity contribution in [1.82, 2.24) is 9.55 Å². The van der Waals surface area contributed by atoms with Crippen LogP contribution >= 0.6 is 0 Å². The number of nitrogens with zero attached hydrogens (tertiary/aromatic N) is 2.